The molecule has 40 heavy (non-hydrogen) atoms. The number of benzene rings is 4. The van der Waals surface area contributed by atoms with Crippen LogP contribution in [-0.2, 0) is 20.3 Å². The van der Waals surface area contributed by atoms with Gasteiger partial charge in [0, 0.05) is 10.8 Å². The molecule has 2 heterocycles. The second-order valence-corrected chi connectivity index (χ2v) is 11.8. The van der Waals surface area contributed by atoms with Gasteiger partial charge in [-0.05, 0) is 65.9 Å². The molecule has 2 aliphatic rings. The zero-order valence-electron chi connectivity index (χ0n) is 23.9. The van der Waals surface area contributed by atoms with E-state index in [0.29, 0.717) is 13.2 Å². The Kier molecular flexibility index (Phi) is 7.16. The minimum Gasteiger partial charge on any atom is -0.491 e. The lowest BCUT2D eigenvalue weighted by Gasteiger charge is -2.33. The van der Waals surface area contributed by atoms with E-state index in [1.807, 2.05) is 0 Å². The van der Waals surface area contributed by atoms with E-state index < -0.39 is 0 Å². The van der Waals surface area contributed by atoms with E-state index in [-0.39, 0.29) is 23.0 Å². The van der Waals surface area contributed by atoms with Crippen LogP contribution >= 0.6 is 0 Å². The van der Waals surface area contributed by atoms with Gasteiger partial charge < -0.3 is 18.9 Å². The molecule has 4 heteroatoms. The van der Waals surface area contributed by atoms with E-state index in [2.05, 4.69) is 125 Å². The number of rotatable bonds is 11. The van der Waals surface area contributed by atoms with Gasteiger partial charge >= 0.3 is 0 Å². The summed E-state index contributed by atoms with van der Waals surface area (Å²) in [6, 6.07) is 35.0. The molecule has 0 saturated carbocycles. The lowest BCUT2D eigenvalue weighted by molar-refractivity contribution is 0.263. The Morgan fingerprint density at radius 2 is 0.875 bits per heavy atom. The van der Waals surface area contributed by atoms with E-state index in [1.54, 1.807) is 0 Å². The van der Waals surface area contributed by atoms with Gasteiger partial charge in [0.1, 0.15) is 36.9 Å². The molecular formula is C36H38O4. The molecular weight excluding hydrogens is 496 g/mol. The van der Waals surface area contributed by atoms with Crippen molar-refractivity contribution >= 4 is 0 Å². The first-order chi connectivity index (χ1) is 19.3. The molecule has 6 rings (SSSR count). The highest BCUT2D eigenvalue weighted by Gasteiger charge is 2.33. The Balaban J connectivity index is 1.32. The molecule has 4 aromatic rings. The molecule has 2 atom stereocenters. The van der Waals surface area contributed by atoms with Gasteiger partial charge in [0.2, 0.25) is 0 Å². The average Bonchev–Trinajstić information content (AvgIpc) is 3.91. The lowest BCUT2D eigenvalue weighted by Crippen LogP contribution is -2.26. The lowest BCUT2D eigenvalue weighted by atomic mass is 9.70. The highest BCUT2D eigenvalue weighted by Crippen LogP contribution is 2.41. The molecule has 2 aliphatic heterocycles. The number of hydrogen-bond donors (Lipinski definition) is 0. The molecule has 2 unspecified atom stereocenters. The van der Waals surface area contributed by atoms with Crippen molar-refractivity contribution in [2.24, 2.45) is 0 Å². The van der Waals surface area contributed by atoms with Gasteiger partial charge in [-0.1, -0.05) is 92.2 Å². The van der Waals surface area contributed by atoms with Crippen LogP contribution in [0.1, 0.15) is 54.2 Å². The van der Waals surface area contributed by atoms with Gasteiger partial charge in [0.15, 0.2) is 0 Å². The average molecular weight is 535 g/mol. The highest BCUT2D eigenvalue weighted by atomic mass is 16.6. The zero-order valence-corrected chi connectivity index (χ0v) is 23.9. The molecule has 0 aromatic heterocycles. The van der Waals surface area contributed by atoms with Crippen LogP contribution in [0.4, 0.5) is 0 Å². The summed E-state index contributed by atoms with van der Waals surface area (Å²) >= 11 is 0. The molecule has 206 valence electrons. The van der Waals surface area contributed by atoms with Crippen LogP contribution in [0.25, 0.3) is 0 Å². The SMILES string of the molecule is Cc1ccc(C(C)(C)c2ccc(C(C)(c3ccc(OCC4CO4)cc3)c3ccc(OCC4CO4)cc3)cc2)cc1. The molecule has 0 bridgehead atoms. The van der Waals surface area contributed by atoms with Crippen LogP contribution in [0, 0.1) is 6.92 Å². The summed E-state index contributed by atoms with van der Waals surface area (Å²) < 4.78 is 22.4. The molecule has 0 aliphatic carbocycles. The maximum atomic E-state index is 5.93. The van der Waals surface area contributed by atoms with Crippen LogP contribution in [0.5, 0.6) is 11.5 Å². The molecule has 2 saturated heterocycles. The first-order valence-electron chi connectivity index (χ1n) is 14.2. The minimum atomic E-state index is -0.372. The van der Waals surface area contributed by atoms with Crippen molar-refractivity contribution in [2.45, 2.75) is 50.7 Å². The first kappa shape index (κ1) is 26.6. The van der Waals surface area contributed by atoms with Gasteiger partial charge in [0.25, 0.3) is 0 Å². The Morgan fingerprint density at radius 3 is 1.25 bits per heavy atom. The van der Waals surface area contributed by atoms with Crippen LogP contribution < -0.4 is 9.47 Å². The van der Waals surface area contributed by atoms with Gasteiger partial charge in [-0.3, -0.25) is 0 Å². The number of epoxide rings is 2. The fourth-order valence-corrected chi connectivity index (χ4v) is 5.33. The van der Waals surface area contributed by atoms with Crippen LogP contribution in [0.15, 0.2) is 97.1 Å². The maximum absolute atomic E-state index is 5.93. The summed E-state index contributed by atoms with van der Waals surface area (Å²) in [4.78, 5) is 0. The van der Waals surface area contributed by atoms with Crippen molar-refractivity contribution in [2.75, 3.05) is 26.4 Å². The third-order valence-corrected chi connectivity index (χ3v) is 8.50. The van der Waals surface area contributed by atoms with E-state index in [4.69, 9.17) is 18.9 Å². The molecule has 2 fully saturated rings. The number of ether oxygens (including phenoxy) is 4. The normalized spacial score (nSPS) is 19.5. The third-order valence-electron chi connectivity index (χ3n) is 8.50. The fourth-order valence-electron chi connectivity index (χ4n) is 5.33. The monoisotopic (exact) mass is 534 g/mol. The standard InChI is InChI=1S/C36H38O4/c1-25-5-7-26(8-6-25)35(2,3)27-9-11-28(12-10-27)36(4,29-13-17-31(18-14-29)37-21-33-23-39-33)30-15-19-32(20-16-30)38-22-34-24-40-34/h5-20,33-34H,21-24H2,1-4H3. The molecule has 4 aromatic carbocycles. The molecule has 0 spiro atoms. The van der Waals surface area contributed by atoms with E-state index in [0.717, 1.165) is 24.7 Å². The van der Waals surface area contributed by atoms with Crippen molar-refractivity contribution in [3.63, 3.8) is 0 Å². The van der Waals surface area contributed by atoms with Gasteiger partial charge in [-0.2, -0.15) is 0 Å². The Bertz CT molecular complexity index is 1350. The number of hydrogen-bond acceptors (Lipinski definition) is 4. The van der Waals surface area contributed by atoms with Crippen LogP contribution in [-0.4, -0.2) is 38.6 Å². The molecule has 0 N–H and O–H groups in total. The smallest absolute Gasteiger partial charge is 0.119 e. The summed E-state index contributed by atoms with van der Waals surface area (Å²) in [5.74, 6) is 1.73. The zero-order chi connectivity index (χ0) is 27.7. The predicted molar refractivity (Wildman–Crippen MR) is 159 cm³/mol. The fraction of sp³-hybridized carbons (Fsp3) is 0.333. The van der Waals surface area contributed by atoms with Gasteiger partial charge in [-0.25, -0.2) is 0 Å². The maximum Gasteiger partial charge on any atom is 0.119 e. The second kappa shape index (κ2) is 10.8. The Morgan fingerprint density at radius 1 is 0.550 bits per heavy atom. The predicted octanol–water partition coefficient (Wildman–Crippen LogP) is 7.23. The highest BCUT2D eigenvalue weighted by molar-refractivity contribution is 5.52. The summed E-state index contributed by atoms with van der Waals surface area (Å²) in [7, 11) is 0. The van der Waals surface area contributed by atoms with Gasteiger partial charge in [-0.15, -0.1) is 0 Å². The summed E-state index contributed by atoms with van der Waals surface area (Å²) in [5.41, 5.74) is 7.05. The van der Waals surface area contributed by atoms with Crippen LogP contribution in [0.2, 0.25) is 0 Å². The first-order valence-corrected chi connectivity index (χ1v) is 14.2. The number of aryl methyl sites for hydroxylation is 1. The summed E-state index contributed by atoms with van der Waals surface area (Å²) in [6.45, 7) is 11.8. The summed E-state index contributed by atoms with van der Waals surface area (Å²) in [6.07, 6.45) is 0.472. The molecule has 0 radical (unpaired) electrons. The van der Waals surface area contributed by atoms with Crippen molar-refractivity contribution in [1.29, 1.82) is 0 Å². The Hall–Kier alpha value is -3.60. The van der Waals surface area contributed by atoms with Gasteiger partial charge in [0.05, 0.1) is 13.2 Å². The van der Waals surface area contributed by atoms with E-state index in [9.17, 15) is 0 Å². The van der Waals surface area contributed by atoms with Crippen LogP contribution in [0.3, 0.4) is 0 Å². The van der Waals surface area contributed by atoms with Crippen molar-refractivity contribution in [3.8, 4) is 11.5 Å². The Labute approximate surface area is 237 Å². The van der Waals surface area contributed by atoms with Crippen molar-refractivity contribution < 1.29 is 18.9 Å². The molecule has 0 amide bonds. The van der Waals surface area contributed by atoms with Crippen molar-refractivity contribution in [1.82, 2.24) is 0 Å². The van der Waals surface area contributed by atoms with Crippen molar-refractivity contribution in [3.05, 3.63) is 130 Å². The summed E-state index contributed by atoms with van der Waals surface area (Å²) in [5, 5.41) is 0. The second-order valence-electron chi connectivity index (χ2n) is 11.8. The third kappa shape index (κ3) is 5.65. The largest absolute Gasteiger partial charge is 0.491 e. The minimum absolute atomic E-state index is 0.100. The molecule has 4 nitrogen and oxygen atoms in total. The van der Waals surface area contributed by atoms with E-state index in [1.165, 1.54) is 33.4 Å². The van der Waals surface area contributed by atoms with E-state index >= 15 is 0 Å². The topological polar surface area (TPSA) is 43.5 Å². The quantitative estimate of drug-likeness (QED) is 0.150.